The molecule has 3 rings (SSSR count). The third-order valence-corrected chi connectivity index (χ3v) is 5.20. The molecular weight excluding hydrogens is 437 g/mol. The highest BCUT2D eigenvalue weighted by Crippen LogP contribution is 2.26. The predicted octanol–water partition coefficient (Wildman–Crippen LogP) is 4.64. The van der Waals surface area contributed by atoms with E-state index in [2.05, 4.69) is 15.3 Å². The van der Waals surface area contributed by atoms with Crippen molar-refractivity contribution in [3.8, 4) is 5.75 Å². The van der Waals surface area contributed by atoms with Crippen LogP contribution in [0.2, 0.25) is 10.0 Å². The molecule has 0 aliphatic heterocycles. The van der Waals surface area contributed by atoms with Gasteiger partial charge in [0.15, 0.2) is 11.4 Å². The van der Waals surface area contributed by atoms with Gasteiger partial charge in [0.25, 0.3) is 5.91 Å². The lowest BCUT2D eigenvalue weighted by atomic mass is 10.1. The number of carbonyl (C=O) groups is 1. The van der Waals surface area contributed by atoms with Gasteiger partial charge in [0.05, 0.1) is 22.3 Å². The molecule has 0 aliphatic rings. The number of benzene rings is 2. The van der Waals surface area contributed by atoms with E-state index in [4.69, 9.17) is 32.7 Å². The predicted molar refractivity (Wildman–Crippen MR) is 121 cm³/mol. The van der Waals surface area contributed by atoms with Crippen molar-refractivity contribution < 1.29 is 14.3 Å². The summed E-state index contributed by atoms with van der Waals surface area (Å²) >= 11 is 12.1. The summed E-state index contributed by atoms with van der Waals surface area (Å²) in [5.74, 6) is 0.498. The Bertz CT molecular complexity index is 1050. The Morgan fingerprint density at radius 3 is 2.52 bits per heavy atom. The second-order valence-corrected chi connectivity index (χ2v) is 7.67. The fraction of sp³-hybridized carbons (Fsp3) is 0.261. The van der Waals surface area contributed by atoms with E-state index < -0.39 is 0 Å². The van der Waals surface area contributed by atoms with Gasteiger partial charge >= 0.3 is 0 Å². The van der Waals surface area contributed by atoms with Crippen LogP contribution in [0.3, 0.4) is 0 Å². The zero-order valence-corrected chi connectivity index (χ0v) is 18.8. The van der Waals surface area contributed by atoms with Crippen LogP contribution in [0.1, 0.15) is 33.1 Å². The summed E-state index contributed by atoms with van der Waals surface area (Å²) in [5, 5.41) is 3.73. The molecule has 1 N–H and O–H groups in total. The minimum absolute atomic E-state index is 0.189. The van der Waals surface area contributed by atoms with E-state index in [1.165, 1.54) is 0 Å². The average molecular weight is 460 g/mol. The summed E-state index contributed by atoms with van der Waals surface area (Å²) in [6, 6.07) is 15.0. The van der Waals surface area contributed by atoms with Gasteiger partial charge < -0.3 is 14.8 Å². The Balaban J connectivity index is 1.89. The van der Waals surface area contributed by atoms with Gasteiger partial charge in [-0.05, 0) is 30.2 Å². The number of hydrogen-bond donors (Lipinski definition) is 1. The van der Waals surface area contributed by atoms with Gasteiger partial charge in [0.2, 0.25) is 0 Å². The van der Waals surface area contributed by atoms with Gasteiger partial charge in [-0.2, -0.15) is 0 Å². The highest BCUT2D eigenvalue weighted by molar-refractivity contribution is 6.42. The van der Waals surface area contributed by atoms with E-state index in [0.717, 1.165) is 11.1 Å². The Morgan fingerprint density at radius 2 is 1.81 bits per heavy atom. The summed E-state index contributed by atoms with van der Waals surface area (Å²) in [7, 11) is 1.57. The Morgan fingerprint density at radius 1 is 1.03 bits per heavy atom. The van der Waals surface area contributed by atoms with Crippen molar-refractivity contribution in [2.24, 2.45) is 0 Å². The molecule has 0 saturated carbocycles. The van der Waals surface area contributed by atoms with Gasteiger partial charge in [-0.1, -0.05) is 59.6 Å². The molecule has 0 saturated heterocycles. The summed E-state index contributed by atoms with van der Waals surface area (Å²) in [6.07, 6.45) is 0.398. The minimum atomic E-state index is -0.346. The van der Waals surface area contributed by atoms with Gasteiger partial charge in [-0.15, -0.1) is 0 Å². The Kier molecular flexibility index (Phi) is 8.23. The maximum Gasteiger partial charge on any atom is 0.273 e. The first-order chi connectivity index (χ1) is 15.0. The van der Waals surface area contributed by atoms with Crippen LogP contribution in [0.5, 0.6) is 5.75 Å². The van der Waals surface area contributed by atoms with E-state index >= 15 is 0 Å². The molecule has 0 spiro atoms. The first-order valence-corrected chi connectivity index (χ1v) is 10.5. The molecule has 3 aromatic rings. The van der Waals surface area contributed by atoms with E-state index in [9.17, 15) is 4.79 Å². The number of hydrogen-bond acceptors (Lipinski definition) is 5. The number of carbonyl (C=O) groups excluding carboxylic acids is 1. The number of nitrogens with zero attached hydrogens (tertiary/aromatic N) is 2. The SMILES string of the molecule is COCCNC(=O)c1nc(Cc2ccc(Cl)c(Cl)c2)nc(C)c1OCc1ccccc1. The molecule has 0 fully saturated rings. The van der Waals surface area contributed by atoms with Crippen LogP contribution < -0.4 is 10.1 Å². The van der Waals surface area contributed by atoms with Crippen molar-refractivity contribution >= 4 is 29.1 Å². The maximum absolute atomic E-state index is 12.8. The Labute approximate surface area is 191 Å². The molecule has 162 valence electrons. The lowest BCUT2D eigenvalue weighted by molar-refractivity contribution is 0.0926. The lowest BCUT2D eigenvalue weighted by Gasteiger charge is -2.15. The van der Waals surface area contributed by atoms with Crippen LogP contribution in [0.25, 0.3) is 0 Å². The maximum atomic E-state index is 12.8. The monoisotopic (exact) mass is 459 g/mol. The number of amides is 1. The Hall–Kier alpha value is -2.67. The summed E-state index contributed by atoms with van der Waals surface area (Å²) in [6.45, 7) is 2.85. The summed E-state index contributed by atoms with van der Waals surface area (Å²) < 4.78 is 11.0. The largest absolute Gasteiger partial charge is 0.485 e. The van der Waals surface area contributed by atoms with Gasteiger partial charge in [-0.3, -0.25) is 4.79 Å². The van der Waals surface area contributed by atoms with Crippen LogP contribution in [-0.2, 0) is 17.8 Å². The number of rotatable bonds is 9. The van der Waals surface area contributed by atoms with Crippen LogP contribution in [0.15, 0.2) is 48.5 Å². The van der Waals surface area contributed by atoms with Crippen LogP contribution >= 0.6 is 23.2 Å². The van der Waals surface area contributed by atoms with E-state index in [1.807, 2.05) is 36.4 Å². The molecule has 1 amide bonds. The van der Waals surface area contributed by atoms with Crippen molar-refractivity contribution in [1.82, 2.24) is 15.3 Å². The lowest BCUT2D eigenvalue weighted by Crippen LogP contribution is -2.29. The molecule has 0 atom stereocenters. The number of ether oxygens (including phenoxy) is 2. The third kappa shape index (κ3) is 6.40. The highest BCUT2D eigenvalue weighted by Gasteiger charge is 2.20. The number of aryl methyl sites for hydroxylation is 1. The quantitative estimate of drug-likeness (QED) is 0.471. The number of nitrogens with one attached hydrogen (secondary N) is 1. The normalized spacial score (nSPS) is 10.7. The smallest absolute Gasteiger partial charge is 0.273 e. The topological polar surface area (TPSA) is 73.3 Å². The first-order valence-electron chi connectivity index (χ1n) is 9.73. The van der Waals surface area contributed by atoms with Crippen molar-refractivity contribution in [1.29, 1.82) is 0 Å². The van der Waals surface area contributed by atoms with E-state index in [-0.39, 0.29) is 11.6 Å². The van der Waals surface area contributed by atoms with E-state index in [0.29, 0.717) is 53.5 Å². The van der Waals surface area contributed by atoms with Gasteiger partial charge in [-0.25, -0.2) is 9.97 Å². The molecule has 31 heavy (non-hydrogen) atoms. The molecule has 0 radical (unpaired) electrons. The molecule has 0 aliphatic carbocycles. The molecule has 1 heterocycles. The van der Waals surface area contributed by atoms with E-state index in [1.54, 1.807) is 26.2 Å². The van der Waals surface area contributed by atoms with Crippen molar-refractivity contribution in [2.45, 2.75) is 20.0 Å². The van der Waals surface area contributed by atoms with Crippen molar-refractivity contribution in [3.63, 3.8) is 0 Å². The molecule has 0 bridgehead atoms. The molecule has 2 aromatic carbocycles. The highest BCUT2D eigenvalue weighted by atomic mass is 35.5. The molecule has 0 unspecified atom stereocenters. The second kappa shape index (κ2) is 11.1. The van der Waals surface area contributed by atoms with Gasteiger partial charge in [0, 0.05) is 20.1 Å². The fourth-order valence-electron chi connectivity index (χ4n) is 2.94. The number of methoxy groups -OCH3 is 1. The summed E-state index contributed by atoms with van der Waals surface area (Å²) in [4.78, 5) is 21.9. The molecular formula is C23H23Cl2N3O3. The molecule has 6 nitrogen and oxygen atoms in total. The average Bonchev–Trinajstić information content (AvgIpc) is 2.76. The standard InChI is InChI=1S/C23H23Cl2N3O3/c1-15-22(31-14-16-6-4-3-5-7-16)21(23(29)26-10-11-30-2)28-20(27-15)13-17-8-9-18(24)19(25)12-17/h3-9,12H,10-11,13-14H2,1-2H3,(H,26,29). The number of halogens is 2. The number of aromatic nitrogens is 2. The zero-order valence-electron chi connectivity index (χ0n) is 17.3. The van der Waals surface area contributed by atoms with Crippen LogP contribution in [0, 0.1) is 6.92 Å². The summed E-state index contributed by atoms with van der Waals surface area (Å²) in [5.41, 5.74) is 2.64. The third-order valence-electron chi connectivity index (χ3n) is 4.46. The van der Waals surface area contributed by atoms with Gasteiger partial charge in [0.1, 0.15) is 12.4 Å². The second-order valence-electron chi connectivity index (χ2n) is 6.85. The van der Waals surface area contributed by atoms with Crippen molar-refractivity contribution in [2.75, 3.05) is 20.3 Å². The van der Waals surface area contributed by atoms with Crippen LogP contribution in [-0.4, -0.2) is 36.1 Å². The molecule has 8 heteroatoms. The first kappa shape index (κ1) is 23.0. The van der Waals surface area contributed by atoms with Crippen molar-refractivity contribution in [3.05, 3.63) is 86.9 Å². The zero-order chi connectivity index (χ0) is 22.2. The van der Waals surface area contributed by atoms with Crippen LogP contribution in [0.4, 0.5) is 0 Å². The molecule has 1 aromatic heterocycles. The fourth-order valence-corrected chi connectivity index (χ4v) is 3.26. The minimum Gasteiger partial charge on any atom is -0.485 e.